The van der Waals surface area contributed by atoms with Crippen LogP contribution >= 0.6 is 0 Å². The number of halogens is 2. The smallest absolute Gasteiger partial charge is 0.410 e. The van der Waals surface area contributed by atoms with E-state index in [1.54, 1.807) is 4.90 Å². The quantitative estimate of drug-likeness (QED) is 0.732. The van der Waals surface area contributed by atoms with E-state index in [1.165, 1.54) is 0 Å². The summed E-state index contributed by atoms with van der Waals surface area (Å²) in [7, 11) is 0. The second-order valence-corrected chi connectivity index (χ2v) is 6.49. The van der Waals surface area contributed by atoms with Crippen LogP contribution in [0.15, 0.2) is 0 Å². The van der Waals surface area contributed by atoms with E-state index in [0.717, 1.165) is 19.3 Å². The topological polar surface area (TPSA) is 50.8 Å². The van der Waals surface area contributed by atoms with Crippen LogP contribution < -0.4 is 5.32 Å². The van der Waals surface area contributed by atoms with Crippen molar-refractivity contribution in [2.75, 3.05) is 32.8 Å². The molecule has 22 heavy (non-hydrogen) atoms. The zero-order valence-electron chi connectivity index (χ0n) is 13.7. The Bertz CT molecular complexity index is 335. The van der Waals surface area contributed by atoms with Crippen molar-refractivity contribution in [3.05, 3.63) is 0 Å². The second-order valence-electron chi connectivity index (χ2n) is 6.49. The molecule has 0 saturated carbocycles. The molecule has 1 atom stereocenters. The molecule has 0 radical (unpaired) electrons. The first-order valence-electron chi connectivity index (χ1n) is 7.86. The first kappa shape index (κ1) is 19.1. The van der Waals surface area contributed by atoms with E-state index in [2.05, 4.69) is 5.32 Å². The third-order valence-corrected chi connectivity index (χ3v) is 3.30. The Morgan fingerprint density at radius 2 is 2.09 bits per heavy atom. The highest BCUT2D eigenvalue weighted by atomic mass is 19.3. The summed E-state index contributed by atoms with van der Waals surface area (Å²) in [4.78, 5) is 14.0. The highest BCUT2D eigenvalue weighted by Crippen LogP contribution is 2.19. The molecule has 1 N–H and O–H groups in total. The summed E-state index contributed by atoms with van der Waals surface area (Å²) < 4.78 is 34.1. The molecule has 5 nitrogen and oxygen atoms in total. The number of amides is 1. The van der Waals surface area contributed by atoms with E-state index in [1.807, 2.05) is 20.8 Å². The lowest BCUT2D eigenvalue weighted by Crippen LogP contribution is -2.50. The van der Waals surface area contributed by atoms with Gasteiger partial charge in [0.05, 0.1) is 6.61 Å². The number of carbonyl (C=O) groups excluding carboxylic acids is 1. The Labute approximate surface area is 131 Å². The van der Waals surface area contributed by atoms with Gasteiger partial charge in [-0.3, -0.25) is 0 Å². The fraction of sp³-hybridized carbons (Fsp3) is 0.933. The number of likely N-dealkylation sites (tertiary alicyclic amines) is 1. The van der Waals surface area contributed by atoms with Crippen LogP contribution in [0.1, 0.15) is 40.0 Å². The van der Waals surface area contributed by atoms with Crippen molar-refractivity contribution < 1.29 is 23.0 Å². The van der Waals surface area contributed by atoms with Crippen LogP contribution in [0.2, 0.25) is 0 Å². The van der Waals surface area contributed by atoms with E-state index in [9.17, 15) is 13.6 Å². The number of piperidine rings is 1. The minimum atomic E-state index is -2.43. The Hall–Kier alpha value is -0.950. The van der Waals surface area contributed by atoms with E-state index in [-0.39, 0.29) is 18.7 Å². The Morgan fingerprint density at radius 1 is 1.36 bits per heavy atom. The van der Waals surface area contributed by atoms with E-state index >= 15 is 0 Å². The van der Waals surface area contributed by atoms with E-state index < -0.39 is 18.6 Å². The summed E-state index contributed by atoms with van der Waals surface area (Å²) in [6.07, 6.45) is 0.263. The van der Waals surface area contributed by atoms with Crippen molar-refractivity contribution in [3.8, 4) is 0 Å². The van der Waals surface area contributed by atoms with Gasteiger partial charge in [-0.15, -0.1) is 0 Å². The van der Waals surface area contributed by atoms with Crippen LogP contribution in [-0.2, 0) is 9.47 Å². The summed E-state index contributed by atoms with van der Waals surface area (Å²) in [5, 5.41) is 3.16. The standard InChI is InChI=1S/C15H28F2N2O3/c1-15(2,3)22-14(20)19-8-5-4-6-12(19)10-18-7-9-21-11-13(16)17/h12-13,18H,4-11H2,1-3H3. The number of alkyl halides is 2. The van der Waals surface area contributed by atoms with Gasteiger partial charge in [-0.25, -0.2) is 13.6 Å². The monoisotopic (exact) mass is 322 g/mol. The first-order valence-corrected chi connectivity index (χ1v) is 7.86. The van der Waals surface area contributed by atoms with Gasteiger partial charge in [0.25, 0.3) is 6.43 Å². The molecule has 1 amide bonds. The van der Waals surface area contributed by atoms with Crippen molar-refractivity contribution in [2.24, 2.45) is 0 Å². The zero-order chi connectivity index (χ0) is 16.6. The van der Waals surface area contributed by atoms with Crippen molar-refractivity contribution in [1.82, 2.24) is 10.2 Å². The van der Waals surface area contributed by atoms with Crippen LogP contribution in [0, 0.1) is 0 Å². The Balaban J connectivity index is 2.31. The number of hydrogen-bond donors (Lipinski definition) is 1. The number of nitrogens with zero attached hydrogens (tertiary/aromatic N) is 1. The summed E-state index contributed by atoms with van der Waals surface area (Å²) >= 11 is 0. The average molecular weight is 322 g/mol. The molecular weight excluding hydrogens is 294 g/mol. The molecular formula is C15H28F2N2O3. The molecule has 1 aliphatic heterocycles. The van der Waals surface area contributed by atoms with Gasteiger partial charge in [-0.05, 0) is 40.0 Å². The van der Waals surface area contributed by atoms with Gasteiger partial charge in [-0.2, -0.15) is 0 Å². The highest BCUT2D eigenvalue weighted by molar-refractivity contribution is 5.68. The maximum atomic E-state index is 12.2. The lowest BCUT2D eigenvalue weighted by Gasteiger charge is -2.36. The molecule has 130 valence electrons. The molecule has 0 aromatic heterocycles. The van der Waals surface area contributed by atoms with Gasteiger partial charge in [0.1, 0.15) is 12.2 Å². The fourth-order valence-electron chi connectivity index (χ4n) is 2.36. The number of rotatable bonds is 7. The van der Waals surface area contributed by atoms with Crippen molar-refractivity contribution in [1.29, 1.82) is 0 Å². The Kier molecular flexibility index (Phi) is 8.03. The predicted molar refractivity (Wildman–Crippen MR) is 80.3 cm³/mol. The van der Waals surface area contributed by atoms with Crippen molar-refractivity contribution in [2.45, 2.75) is 58.1 Å². The van der Waals surface area contributed by atoms with Crippen molar-refractivity contribution in [3.63, 3.8) is 0 Å². The fourth-order valence-corrected chi connectivity index (χ4v) is 2.36. The molecule has 0 aromatic carbocycles. The minimum absolute atomic E-state index is 0.0821. The number of carbonyl (C=O) groups is 1. The maximum absolute atomic E-state index is 12.2. The van der Waals surface area contributed by atoms with Gasteiger partial charge >= 0.3 is 6.09 Å². The minimum Gasteiger partial charge on any atom is -0.444 e. The normalized spacial score (nSPS) is 19.5. The van der Waals surface area contributed by atoms with Crippen LogP contribution in [-0.4, -0.2) is 61.9 Å². The van der Waals surface area contributed by atoms with Crippen LogP contribution in [0.3, 0.4) is 0 Å². The molecule has 0 spiro atoms. The van der Waals surface area contributed by atoms with Gasteiger partial charge in [-0.1, -0.05) is 0 Å². The van der Waals surface area contributed by atoms with Gasteiger partial charge in [0.2, 0.25) is 0 Å². The summed E-state index contributed by atoms with van der Waals surface area (Å²) in [6, 6.07) is 0.0821. The van der Waals surface area contributed by atoms with E-state index in [0.29, 0.717) is 19.6 Å². The van der Waals surface area contributed by atoms with Gasteiger partial charge < -0.3 is 19.7 Å². The first-order chi connectivity index (χ1) is 10.3. The molecule has 1 rings (SSSR count). The molecule has 1 fully saturated rings. The SMILES string of the molecule is CC(C)(C)OC(=O)N1CCCCC1CNCCOCC(F)F. The molecule has 1 heterocycles. The number of ether oxygens (including phenoxy) is 2. The molecule has 1 aliphatic rings. The van der Waals surface area contributed by atoms with E-state index in [4.69, 9.17) is 9.47 Å². The van der Waals surface area contributed by atoms with Gasteiger partial charge in [0.15, 0.2) is 0 Å². The average Bonchev–Trinajstić information content (AvgIpc) is 2.41. The summed E-state index contributed by atoms with van der Waals surface area (Å²) in [6.45, 7) is 7.07. The van der Waals surface area contributed by atoms with Crippen molar-refractivity contribution >= 4 is 6.09 Å². The molecule has 0 aliphatic carbocycles. The largest absolute Gasteiger partial charge is 0.444 e. The lowest BCUT2D eigenvalue weighted by atomic mass is 10.0. The predicted octanol–water partition coefficient (Wildman–Crippen LogP) is 2.65. The van der Waals surface area contributed by atoms with Crippen LogP contribution in [0.25, 0.3) is 0 Å². The molecule has 7 heteroatoms. The zero-order valence-corrected chi connectivity index (χ0v) is 13.7. The number of nitrogens with one attached hydrogen (secondary N) is 1. The highest BCUT2D eigenvalue weighted by Gasteiger charge is 2.30. The number of hydrogen-bond acceptors (Lipinski definition) is 4. The Morgan fingerprint density at radius 3 is 2.73 bits per heavy atom. The van der Waals surface area contributed by atoms with Crippen LogP contribution in [0.4, 0.5) is 13.6 Å². The second kappa shape index (κ2) is 9.25. The molecule has 1 saturated heterocycles. The lowest BCUT2D eigenvalue weighted by molar-refractivity contribution is 0.00799. The van der Waals surface area contributed by atoms with Gasteiger partial charge in [0, 0.05) is 25.7 Å². The maximum Gasteiger partial charge on any atom is 0.410 e. The molecule has 0 bridgehead atoms. The third-order valence-electron chi connectivity index (χ3n) is 3.30. The summed E-state index contributed by atoms with van der Waals surface area (Å²) in [5.41, 5.74) is -0.504. The summed E-state index contributed by atoms with van der Waals surface area (Å²) in [5.74, 6) is 0. The van der Waals surface area contributed by atoms with Crippen LogP contribution in [0.5, 0.6) is 0 Å². The third kappa shape index (κ3) is 7.89. The molecule has 1 unspecified atom stereocenters. The molecule has 0 aromatic rings.